The van der Waals surface area contributed by atoms with Crippen molar-refractivity contribution in [2.75, 3.05) is 0 Å². The van der Waals surface area contributed by atoms with Crippen LogP contribution in [0.5, 0.6) is 0 Å². The highest BCUT2D eigenvalue weighted by molar-refractivity contribution is 5.57. The first-order chi connectivity index (χ1) is 7.47. The van der Waals surface area contributed by atoms with Gasteiger partial charge in [-0.25, -0.2) is 4.98 Å². The Hall–Kier alpha value is -1.92. The van der Waals surface area contributed by atoms with E-state index in [0.717, 1.165) is 18.3 Å². The summed E-state index contributed by atoms with van der Waals surface area (Å²) in [5.41, 5.74) is -0.570. The number of hydrogen-bond donors (Lipinski definition) is 1. The van der Waals surface area contributed by atoms with Gasteiger partial charge in [-0.3, -0.25) is 5.10 Å². The van der Waals surface area contributed by atoms with Crippen LogP contribution in [0.1, 0.15) is 5.69 Å². The number of aromatic nitrogens is 3. The van der Waals surface area contributed by atoms with Gasteiger partial charge in [0, 0.05) is 11.8 Å². The van der Waals surface area contributed by atoms with E-state index in [1.165, 1.54) is 6.07 Å². The smallest absolute Gasteiger partial charge is 0.273 e. The van der Waals surface area contributed by atoms with Gasteiger partial charge in [0.15, 0.2) is 0 Å². The van der Waals surface area contributed by atoms with E-state index in [0.29, 0.717) is 5.56 Å². The maximum absolute atomic E-state index is 12.5. The van der Waals surface area contributed by atoms with Crippen LogP contribution in [0, 0.1) is 5.95 Å². The molecule has 16 heavy (non-hydrogen) atoms. The lowest BCUT2D eigenvalue weighted by atomic mass is 10.2. The van der Waals surface area contributed by atoms with E-state index < -0.39 is 17.8 Å². The molecule has 3 nitrogen and oxygen atoms in total. The molecule has 0 fully saturated rings. The van der Waals surface area contributed by atoms with Crippen molar-refractivity contribution in [3.63, 3.8) is 0 Å². The molecule has 0 saturated carbocycles. The molecular formula is C9H5F4N3. The molecule has 0 atom stereocenters. The van der Waals surface area contributed by atoms with Crippen LogP contribution in [0.2, 0.25) is 0 Å². The first kappa shape index (κ1) is 10.6. The number of nitrogens with zero attached hydrogens (tertiary/aromatic N) is 2. The average Bonchev–Trinajstić information content (AvgIpc) is 2.67. The number of halogens is 4. The van der Waals surface area contributed by atoms with Crippen molar-refractivity contribution < 1.29 is 17.6 Å². The first-order valence-electron chi connectivity index (χ1n) is 4.21. The average molecular weight is 231 g/mol. The van der Waals surface area contributed by atoms with Gasteiger partial charge in [0.1, 0.15) is 5.69 Å². The summed E-state index contributed by atoms with van der Waals surface area (Å²) in [4.78, 5) is 3.33. The maximum Gasteiger partial charge on any atom is 0.432 e. The molecule has 2 aromatic heterocycles. The highest BCUT2D eigenvalue weighted by atomic mass is 19.4. The Morgan fingerprint density at radius 1 is 1.19 bits per heavy atom. The molecule has 1 N–H and O–H groups in total. The number of hydrogen-bond acceptors (Lipinski definition) is 2. The van der Waals surface area contributed by atoms with Crippen LogP contribution in [0.3, 0.4) is 0 Å². The third-order valence-electron chi connectivity index (χ3n) is 1.91. The van der Waals surface area contributed by atoms with Crippen LogP contribution >= 0.6 is 0 Å². The number of nitrogens with one attached hydrogen (secondary N) is 1. The first-order valence-corrected chi connectivity index (χ1v) is 4.21. The molecule has 2 rings (SSSR count). The fraction of sp³-hybridized carbons (Fsp3) is 0.111. The predicted octanol–water partition coefficient (Wildman–Crippen LogP) is 2.63. The number of rotatable bonds is 1. The molecular weight excluding hydrogens is 226 g/mol. The molecule has 0 aromatic carbocycles. The van der Waals surface area contributed by atoms with Gasteiger partial charge in [-0.15, -0.1) is 0 Å². The highest BCUT2D eigenvalue weighted by Gasteiger charge is 2.33. The van der Waals surface area contributed by atoms with E-state index >= 15 is 0 Å². The molecule has 0 saturated heterocycles. The van der Waals surface area contributed by atoms with Crippen LogP contribution in [-0.4, -0.2) is 15.2 Å². The second-order valence-electron chi connectivity index (χ2n) is 3.03. The standard InChI is InChI=1S/C9H5F4N3/c10-8-2-1-5(4-14-8)6-3-7(16-15-6)9(11,12)13/h1-4H,(H,15,16). The van der Waals surface area contributed by atoms with Crippen LogP contribution < -0.4 is 0 Å². The minimum absolute atomic E-state index is 0.0693. The number of aromatic amines is 1. The van der Waals surface area contributed by atoms with Gasteiger partial charge in [-0.05, 0) is 18.2 Å². The molecule has 0 unspecified atom stereocenters. The summed E-state index contributed by atoms with van der Waals surface area (Å²) in [5.74, 6) is -0.699. The van der Waals surface area contributed by atoms with Crippen molar-refractivity contribution in [1.29, 1.82) is 0 Å². The monoisotopic (exact) mass is 231 g/mol. The van der Waals surface area contributed by atoms with Crippen molar-refractivity contribution >= 4 is 0 Å². The van der Waals surface area contributed by atoms with E-state index in [-0.39, 0.29) is 5.69 Å². The van der Waals surface area contributed by atoms with E-state index in [1.807, 2.05) is 5.10 Å². The van der Waals surface area contributed by atoms with E-state index in [4.69, 9.17) is 0 Å². The molecule has 0 aliphatic heterocycles. The topological polar surface area (TPSA) is 41.6 Å². The van der Waals surface area contributed by atoms with Crippen molar-refractivity contribution in [3.05, 3.63) is 36.0 Å². The second kappa shape index (κ2) is 3.58. The van der Waals surface area contributed by atoms with E-state index in [9.17, 15) is 17.6 Å². The number of pyridine rings is 1. The zero-order chi connectivity index (χ0) is 11.8. The summed E-state index contributed by atoms with van der Waals surface area (Å²) in [6.45, 7) is 0. The lowest BCUT2D eigenvalue weighted by Gasteiger charge is -1.99. The zero-order valence-corrected chi connectivity index (χ0v) is 7.72. The quantitative estimate of drug-likeness (QED) is 0.605. The van der Waals surface area contributed by atoms with Gasteiger partial charge in [0.05, 0.1) is 5.69 Å². The Morgan fingerprint density at radius 3 is 2.44 bits per heavy atom. The summed E-state index contributed by atoms with van der Waals surface area (Å²) in [7, 11) is 0. The molecule has 0 radical (unpaired) electrons. The Labute approximate surface area is 87.1 Å². The molecule has 84 valence electrons. The Bertz CT molecular complexity index is 486. The SMILES string of the molecule is Fc1ccc(-c2cc(C(F)(F)F)[nH]n2)cn1. The third-order valence-corrected chi connectivity index (χ3v) is 1.91. The minimum atomic E-state index is -4.47. The van der Waals surface area contributed by atoms with Crippen LogP contribution in [-0.2, 0) is 6.18 Å². The molecule has 0 aliphatic rings. The Morgan fingerprint density at radius 2 is 1.94 bits per heavy atom. The molecule has 2 aromatic rings. The summed E-state index contributed by atoms with van der Waals surface area (Å²) >= 11 is 0. The van der Waals surface area contributed by atoms with E-state index in [1.54, 1.807) is 0 Å². The van der Waals surface area contributed by atoms with E-state index in [2.05, 4.69) is 10.1 Å². The summed E-state index contributed by atoms with van der Waals surface area (Å²) in [6, 6.07) is 3.20. The fourth-order valence-electron chi connectivity index (χ4n) is 1.14. The van der Waals surface area contributed by atoms with Gasteiger partial charge in [-0.1, -0.05) is 0 Å². The minimum Gasteiger partial charge on any atom is -0.273 e. The highest BCUT2D eigenvalue weighted by Crippen LogP contribution is 2.29. The molecule has 0 aliphatic carbocycles. The molecule has 2 heterocycles. The summed E-state index contributed by atoms with van der Waals surface area (Å²) in [5, 5.41) is 5.34. The van der Waals surface area contributed by atoms with Gasteiger partial charge in [0.25, 0.3) is 0 Å². The molecule has 0 spiro atoms. The van der Waals surface area contributed by atoms with Gasteiger partial charge >= 0.3 is 6.18 Å². The number of alkyl halides is 3. The zero-order valence-electron chi connectivity index (χ0n) is 7.72. The van der Waals surface area contributed by atoms with Crippen LogP contribution in [0.15, 0.2) is 24.4 Å². The Kier molecular flexibility index (Phi) is 2.37. The third kappa shape index (κ3) is 2.02. The Balaban J connectivity index is 2.35. The summed E-state index contributed by atoms with van der Waals surface area (Å²) in [6.07, 6.45) is -3.36. The molecule has 7 heteroatoms. The van der Waals surface area contributed by atoms with Crippen molar-refractivity contribution in [2.45, 2.75) is 6.18 Å². The normalized spacial score (nSPS) is 11.8. The van der Waals surface area contributed by atoms with Gasteiger partial charge in [-0.2, -0.15) is 22.7 Å². The molecule has 0 amide bonds. The largest absolute Gasteiger partial charge is 0.432 e. The summed E-state index contributed by atoms with van der Waals surface area (Å²) < 4.78 is 49.2. The van der Waals surface area contributed by atoms with Crippen molar-refractivity contribution in [2.24, 2.45) is 0 Å². The number of H-pyrrole nitrogens is 1. The predicted molar refractivity (Wildman–Crippen MR) is 46.8 cm³/mol. The molecule has 0 bridgehead atoms. The van der Waals surface area contributed by atoms with Crippen LogP contribution in [0.4, 0.5) is 17.6 Å². The van der Waals surface area contributed by atoms with Gasteiger partial charge < -0.3 is 0 Å². The maximum atomic E-state index is 12.5. The van der Waals surface area contributed by atoms with Gasteiger partial charge in [0.2, 0.25) is 5.95 Å². The van der Waals surface area contributed by atoms with Crippen molar-refractivity contribution in [3.8, 4) is 11.3 Å². The fourth-order valence-corrected chi connectivity index (χ4v) is 1.14. The lowest BCUT2D eigenvalue weighted by molar-refractivity contribution is -0.141. The lowest BCUT2D eigenvalue weighted by Crippen LogP contribution is -2.04. The van der Waals surface area contributed by atoms with Crippen molar-refractivity contribution in [1.82, 2.24) is 15.2 Å². The second-order valence-corrected chi connectivity index (χ2v) is 3.03. The van der Waals surface area contributed by atoms with Crippen LogP contribution in [0.25, 0.3) is 11.3 Å².